The lowest BCUT2D eigenvalue weighted by Gasteiger charge is -2.35. The van der Waals surface area contributed by atoms with Gasteiger partial charge in [0.2, 0.25) is 0 Å². The van der Waals surface area contributed by atoms with Crippen LogP contribution in [-0.4, -0.2) is 53.5 Å². The number of aromatic nitrogens is 3. The zero-order valence-electron chi connectivity index (χ0n) is 20.1. The molecule has 0 radical (unpaired) electrons. The minimum atomic E-state index is -4.11. The average Bonchev–Trinajstić information content (AvgIpc) is 3.30. The Morgan fingerprint density at radius 1 is 1.25 bits per heavy atom. The van der Waals surface area contributed by atoms with Crippen LogP contribution in [0.25, 0.3) is 12.2 Å². The fraction of sp³-hybridized carbons (Fsp3) is 0.320. The van der Waals surface area contributed by atoms with Crippen LogP contribution in [0.2, 0.25) is 0 Å². The van der Waals surface area contributed by atoms with Crippen molar-refractivity contribution in [1.29, 1.82) is 0 Å². The van der Waals surface area contributed by atoms with E-state index >= 15 is 0 Å². The Bertz CT molecular complexity index is 1350. The highest BCUT2D eigenvalue weighted by molar-refractivity contribution is 7.93. The molecule has 3 heterocycles. The zero-order chi connectivity index (χ0) is 25.7. The number of carbonyl (C=O) groups is 1. The number of pyridine rings is 1. The Labute approximate surface area is 209 Å². The highest BCUT2D eigenvalue weighted by Gasteiger charge is 2.37. The molecule has 1 atom stereocenters. The van der Waals surface area contributed by atoms with Gasteiger partial charge in [0.1, 0.15) is 11.9 Å². The van der Waals surface area contributed by atoms with Crippen molar-refractivity contribution in [3.8, 4) is 11.6 Å². The van der Waals surface area contributed by atoms with Crippen LogP contribution in [0.4, 0.5) is 5.69 Å². The number of fused-ring (bicyclic) bond motifs is 1. The second-order valence-electron chi connectivity index (χ2n) is 8.14. The van der Waals surface area contributed by atoms with Crippen molar-refractivity contribution in [3.63, 3.8) is 0 Å². The van der Waals surface area contributed by atoms with E-state index in [1.807, 2.05) is 37.3 Å². The standard InChI is InChI=1S/C25H28N4O6S/c1-3-28-17-23(25(27-28)34-4-2)36(32,33)29-16-20(10-12-24(30)31)35-22-11-9-18(14-21(22)29)7-8-19-6-5-13-26-15-19/h5-9,11,13-15,17,20H,3-4,10,12,16H2,1-2H3,(H,30,31). The quantitative estimate of drug-likeness (QED) is 0.436. The molecule has 0 saturated heterocycles. The van der Waals surface area contributed by atoms with Gasteiger partial charge in [0, 0.05) is 31.6 Å². The van der Waals surface area contributed by atoms with Gasteiger partial charge in [-0.05, 0) is 49.6 Å². The van der Waals surface area contributed by atoms with E-state index in [4.69, 9.17) is 14.6 Å². The summed E-state index contributed by atoms with van der Waals surface area (Å²) in [4.78, 5) is 15.2. The summed E-state index contributed by atoms with van der Waals surface area (Å²) in [7, 11) is -4.11. The van der Waals surface area contributed by atoms with Gasteiger partial charge in [0.05, 0.1) is 18.8 Å². The van der Waals surface area contributed by atoms with Crippen LogP contribution in [0.15, 0.2) is 53.8 Å². The van der Waals surface area contributed by atoms with E-state index in [1.165, 1.54) is 15.2 Å². The molecule has 0 spiro atoms. The van der Waals surface area contributed by atoms with Crippen LogP contribution < -0.4 is 13.8 Å². The van der Waals surface area contributed by atoms with Gasteiger partial charge >= 0.3 is 5.97 Å². The van der Waals surface area contributed by atoms with Crippen molar-refractivity contribution in [3.05, 3.63) is 60.0 Å². The highest BCUT2D eigenvalue weighted by Crippen LogP contribution is 2.40. The molecule has 4 rings (SSSR count). The van der Waals surface area contributed by atoms with Gasteiger partial charge in [-0.25, -0.2) is 8.42 Å². The molecule has 1 N–H and O–H groups in total. The number of aryl methyl sites for hydroxylation is 1. The summed E-state index contributed by atoms with van der Waals surface area (Å²) in [6.45, 7) is 4.30. The lowest BCUT2D eigenvalue weighted by atomic mass is 10.1. The Hall–Kier alpha value is -3.86. The number of sulfonamides is 1. The molecule has 1 unspecified atom stereocenters. The van der Waals surface area contributed by atoms with Gasteiger partial charge < -0.3 is 14.6 Å². The van der Waals surface area contributed by atoms with Gasteiger partial charge in [-0.1, -0.05) is 24.3 Å². The molecule has 11 heteroatoms. The van der Waals surface area contributed by atoms with Gasteiger partial charge in [0.15, 0.2) is 4.90 Å². The molecule has 190 valence electrons. The maximum Gasteiger partial charge on any atom is 0.303 e. The monoisotopic (exact) mass is 512 g/mol. The lowest BCUT2D eigenvalue weighted by Crippen LogP contribution is -2.43. The number of anilines is 1. The minimum Gasteiger partial charge on any atom is -0.486 e. The van der Waals surface area contributed by atoms with E-state index in [0.717, 1.165) is 11.1 Å². The summed E-state index contributed by atoms with van der Waals surface area (Å²) in [5.74, 6) is -0.584. The first-order valence-corrected chi connectivity index (χ1v) is 13.1. The minimum absolute atomic E-state index is 0.0297. The molecule has 0 fully saturated rings. The van der Waals surface area contributed by atoms with E-state index in [-0.39, 0.29) is 36.8 Å². The number of aliphatic carboxylic acids is 1. The van der Waals surface area contributed by atoms with Gasteiger partial charge in [0.25, 0.3) is 15.9 Å². The molecule has 2 aromatic heterocycles. The second-order valence-corrected chi connectivity index (χ2v) is 9.97. The van der Waals surface area contributed by atoms with Crippen LogP contribution in [-0.2, 0) is 21.4 Å². The van der Waals surface area contributed by atoms with Crippen LogP contribution >= 0.6 is 0 Å². The molecule has 1 aliphatic heterocycles. The number of benzene rings is 1. The number of rotatable bonds is 10. The Balaban J connectivity index is 1.75. The lowest BCUT2D eigenvalue weighted by molar-refractivity contribution is -0.137. The molecule has 0 bridgehead atoms. The summed E-state index contributed by atoms with van der Waals surface area (Å²) >= 11 is 0. The number of ether oxygens (including phenoxy) is 2. The van der Waals surface area contributed by atoms with Gasteiger partial charge in [-0.15, -0.1) is 5.10 Å². The smallest absolute Gasteiger partial charge is 0.303 e. The third-order valence-electron chi connectivity index (χ3n) is 5.62. The van der Waals surface area contributed by atoms with Crippen molar-refractivity contribution < 1.29 is 27.8 Å². The van der Waals surface area contributed by atoms with Crippen LogP contribution in [0, 0.1) is 0 Å². The third-order valence-corrected chi connectivity index (χ3v) is 7.38. The summed E-state index contributed by atoms with van der Waals surface area (Å²) < 4.78 is 42.2. The number of nitrogens with zero attached hydrogens (tertiary/aromatic N) is 4. The highest BCUT2D eigenvalue weighted by atomic mass is 32.2. The summed E-state index contributed by atoms with van der Waals surface area (Å²) in [6, 6.07) is 9.00. The predicted octanol–water partition coefficient (Wildman–Crippen LogP) is 3.69. The van der Waals surface area contributed by atoms with Crippen LogP contribution in [0.3, 0.4) is 0 Å². The second kappa shape index (κ2) is 10.8. The van der Waals surface area contributed by atoms with Gasteiger partial charge in [-0.2, -0.15) is 0 Å². The number of carboxylic acid groups (broad SMARTS) is 1. The largest absolute Gasteiger partial charge is 0.486 e. The Morgan fingerprint density at radius 2 is 2.06 bits per heavy atom. The molecule has 36 heavy (non-hydrogen) atoms. The fourth-order valence-corrected chi connectivity index (χ4v) is 5.42. The van der Waals surface area contributed by atoms with Crippen molar-refractivity contribution >= 4 is 33.8 Å². The molecular weight excluding hydrogens is 484 g/mol. The first kappa shape index (κ1) is 25.2. The molecule has 3 aromatic rings. The Morgan fingerprint density at radius 3 is 2.75 bits per heavy atom. The molecule has 0 aliphatic carbocycles. The summed E-state index contributed by atoms with van der Waals surface area (Å²) in [5.41, 5.74) is 2.03. The normalized spacial score (nSPS) is 15.5. The number of hydrogen-bond donors (Lipinski definition) is 1. The molecule has 1 aromatic carbocycles. The van der Waals surface area contributed by atoms with E-state index in [0.29, 0.717) is 18.0 Å². The van der Waals surface area contributed by atoms with E-state index < -0.39 is 22.1 Å². The van der Waals surface area contributed by atoms with Crippen LogP contribution in [0.1, 0.15) is 37.8 Å². The van der Waals surface area contributed by atoms with Crippen molar-refractivity contribution in [2.24, 2.45) is 0 Å². The first-order valence-electron chi connectivity index (χ1n) is 11.7. The maximum atomic E-state index is 13.9. The number of hydrogen-bond acceptors (Lipinski definition) is 7. The molecule has 10 nitrogen and oxygen atoms in total. The van der Waals surface area contributed by atoms with Crippen molar-refractivity contribution in [2.45, 2.75) is 44.2 Å². The summed E-state index contributed by atoms with van der Waals surface area (Å²) in [6.07, 6.45) is 8.00. The first-order chi connectivity index (χ1) is 17.3. The molecule has 0 amide bonds. The molecule has 0 saturated carbocycles. The SMILES string of the molecule is CCOc1nn(CC)cc1S(=O)(=O)N1CC(CCC(=O)O)Oc2ccc(C=Cc3cccnc3)cc21. The molecule has 1 aliphatic rings. The fourth-order valence-electron chi connectivity index (χ4n) is 3.84. The predicted molar refractivity (Wildman–Crippen MR) is 134 cm³/mol. The van der Waals surface area contributed by atoms with Crippen molar-refractivity contribution in [1.82, 2.24) is 14.8 Å². The van der Waals surface area contributed by atoms with Crippen molar-refractivity contribution in [2.75, 3.05) is 17.5 Å². The maximum absolute atomic E-state index is 13.9. The zero-order valence-corrected chi connectivity index (χ0v) is 20.9. The van der Waals surface area contributed by atoms with Crippen LogP contribution in [0.5, 0.6) is 11.6 Å². The van der Waals surface area contributed by atoms with Gasteiger partial charge in [-0.3, -0.25) is 18.8 Å². The summed E-state index contributed by atoms with van der Waals surface area (Å²) in [5, 5.41) is 13.4. The van der Waals surface area contributed by atoms with E-state index in [1.54, 1.807) is 31.5 Å². The topological polar surface area (TPSA) is 124 Å². The van der Waals surface area contributed by atoms with E-state index in [9.17, 15) is 13.2 Å². The molecular formula is C25H28N4O6S. The third kappa shape index (κ3) is 5.51. The number of carboxylic acids is 1. The van der Waals surface area contributed by atoms with E-state index in [2.05, 4.69) is 10.1 Å². The average molecular weight is 513 g/mol. The Kier molecular flexibility index (Phi) is 7.58.